The van der Waals surface area contributed by atoms with Crippen LogP contribution in [0.2, 0.25) is 0 Å². The molecule has 0 aliphatic heterocycles. The molecule has 0 aliphatic carbocycles. The number of carbonyl (C=O) groups is 1. The standard InChI is InChI=1S/C10H10BrFO2/c1-14-6-9(13)5-7-4-8(12)2-3-10(7)11/h2-4H,5-6H2,1H3. The highest BCUT2D eigenvalue weighted by molar-refractivity contribution is 9.10. The molecular formula is C10H10BrFO2. The number of halogens is 2. The molecule has 1 aromatic rings. The van der Waals surface area contributed by atoms with Gasteiger partial charge in [0.05, 0.1) is 0 Å². The minimum atomic E-state index is -0.339. The summed E-state index contributed by atoms with van der Waals surface area (Å²) in [6.07, 6.45) is 0.187. The number of Topliss-reactive ketones (excluding diaryl/α,β-unsaturated/α-hetero) is 1. The lowest BCUT2D eigenvalue weighted by atomic mass is 10.1. The Balaban J connectivity index is 2.75. The van der Waals surface area contributed by atoms with E-state index in [9.17, 15) is 9.18 Å². The van der Waals surface area contributed by atoms with Crippen molar-refractivity contribution in [3.63, 3.8) is 0 Å². The summed E-state index contributed by atoms with van der Waals surface area (Å²) in [4.78, 5) is 11.2. The molecular weight excluding hydrogens is 251 g/mol. The normalized spacial score (nSPS) is 10.2. The largest absolute Gasteiger partial charge is 0.377 e. The van der Waals surface area contributed by atoms with E-state index in [2.05, 4.69) is 20.7 Å². The Morgan fingerprint density at radius 1 is 1.57 bits per heavy atom. The van der Waals surface area contributed by atoms with Crippen molar-refractivity contribution in [1.29, 1.82) is 0 Å². The highest BCUT2D eigenvalue weighted by Gasteiger charge is 2.07. The first-order valence-corrected chi connectivity index (χ1v) is 4.87. The maximum atomic E-state index is 12.8. The van der Waals surface area contributed by atoms with E-state index in [-0.39, 0.29) is 24.6 Å². The number of ether oxygens (including phenoxy) is 1. The molecule has 0 saturated carbocycles. The van der Waals surface area contributed by atoms with Crippen molar-refractivity contribution >= 4 is 21.7 Å². The molecule has 2 nitrogen and oxygen atoms in total. The van der Waals surface area contributed by atoms with Gasteiger partial charge in [-0.2, -0.15) is 0 Å². The Bertz CT molecular complexity index is 339. The molecule has 0 heterocycles. The van der Waals surface area contributed by atoms with E-state index in [1.54, 1.807) is 6.07 Å². The van der Waals surface area contributed by atoms with Gasteiger partial charge in [-0.25, -0.2) is 4.39 Å². The SMILES string of the molecule is COCC(=O)Cc1cc(F)ccc1Br. The summed E-state index contributed by atoms with van der Waals surface area (Å²) in [5.74, 6) is -0.410. The Labute approximate surface area is 90.2 Å². The van der Waals surface area contributed by atoms with Crippen LogP contribution in [0.1, 0.15) is 5.56 Å². The van der Waals surface area contributed by atoms with Gasteiger partial charge in [-0.1, -0.05) is 15.9 Å². The molecule has 0 radical (unpaired) electrons. The quantitative estimate of drug-likeness (QED) is 0.831. The molecule has 0 spiro atoms. The average Bonchev–Trinajstić information content (AvgIpc) is 2.12. The van der Waals surface area contributed by atoms with Crippen LogP contribution in [0.25, 0.3) is 0 Å². The highest BCUT2D eigenvalue weighted by Crippen LogP contribution is 2.18. The van der Waals surface area contributed by atoms with E-state index in [4.69, 9.17) is 0 Å². The minimum absolute atomic E-state index is 0.0585. The monoisotopic (exact) mass is 260 g/mol. The second-order valence-corrected chi connectivity index (χ2v) is 3.74. The number of benzene rings is 1. The lowest BCUT2D eigenvalue weighted by molar-refractivity contribution is -0.121. The number of methoxy groups -OCH3 is 1. The fraction of sp³-hybridized carbons (Fsp3) is 0.300. The van der Waals surface area contributed by atoms with E-state index in [0.717, 1.165) is 4.47 Å². The predicted molar refractivity (Wildman–Crippen MR) is 54.7 cm³/mol. The Hall–Kier alpha value is -0.740. The van der Waals surface area contributed by atoms with Gasteiger partial charge in [0.1, 0.15) is 12.4 Å². The van der Waals surface area contributed by atoms with Crippen LogP contribution in [0.3, 0.4) is 0 Å². The lowest BCUT2D eigenvalue weighted by Gasteiger charge is -2.03. The van der Waals surface area contributed by atoms with E-state index in [1.807, 2.05) is 0 Å². The van der Waals surface area contributed by atoms with Gasteiger partial charge in [0.25, 0.3) is 0 Å². The van der Waals surface area contributed by atoms with Crippen LogP contribution in [0.4, 0.5) is 4.39 Å². The van der Waals surface area contributed by atoms with Crippen molar-refractivity contribution in [2.45, 2.75) is 6.42 Å². The number of rotatable bonds is 4. The number of hydrogen-bond acceptors (Lipinski definition) is 2. The number of carbonyl (C=O) groups excluding carboxylic acids is 1. The molecule has 0 amide bonds. The molecule has 0 saturated heterocycles. The van der Waals surface area contributed by atoms with Crippen molar-refractivity contribution in [1.82, 2.24) is 0 Å². The molecule has 0 fully saturated rings. The van der Waals surface area contributed by atoms with Crippen LogP contribution in [-0.4, -0.2) is 19.5 Å². The first-order chi connectivity index (χ1) is 6.63. The zero-order valence-electron chi connectivity index (χ0n) is 7.72. The van der Waals surface area contributed by atoms with E-state index in [0.29, 0.717) is 5.56 Å². The minimum Gasteiger partial charge on any atom is -0.377 e. The zero-order chi connectivity index (χ0) is 10.6. The summed E-state index contributed by atoms with van der Waals surface area (Å²) in [5, 5.41) is 0. The van der Waals surface area contributed by atoms with Gasteiger partial charge in [0.15, 0.2) is 5.78 Å². The van der Waals surface area contributed by atoms with Crippen LogP contribution >= 0.6 is 15.9 Å². The van der Waals surface area contributed by atoms with Crippen LogP contribution in [0, 0.1) is 5.82 Å². The summed E-state index contributed by atoms with van der Waals surface area (Å²) >= 11 is 3.25. The van der Waals surface area contributed by atoms with Crippen molar-refractivity contribution < 1.29 is 13.9 Å². The second-order valence-electron chi connectivity index (χ2n) is 2.88. The van der Waals surface area contributed by atoms with E-state index in [1.165, 1.54) is 19.2 Å². The zero-order valence-corrected chi connectivity index (χ0v) is 9.30. The van der Waals surface area contributed by atoms with E-state index >= 15 is 0 Å². The Morgan fingerprint density at radius 3 is 2.93 bits per heavy atom. The summed E-state index contributed by atoms with van der Waals surface area (Å²) in [7, 11) is 1.46. The van der Waals surface area contributed by atoms with Crippen molar-refractivity contribution in [2.75, 3.05) is 13.7 Å². The van der Waals surface area contributed by atoms with Crippen LogP contribution in [0.5, 0.6) is 0 Å². The average molecular weight is 261 g/mol. The van der Waals surface area contributed by atoms with Gasteiger partial charge in [-0.15, -0.1) is 0 Å². The fourth-order valence-electron chi connectivity index (χ4n) is 1.10. The van der Waals surface area contributed by atoms with Crippen molar-refractivity contribution in [2.24, 2.45) is 0 Å². The third kappa shape index (κ3) is 3.20. The summed E-state index contributed by atoms with van der Waals surface area (Å²) in [6, 6.07) is 4.27. The number of hydrogen-bond donors (Lipinski definition) is 0. The smallest absolute Gasteiger partial charge is 0.162 e. The summed E-state index contributed by atoms with van der Waals surface area (Å²) < 4.78 is 18.2. The third-order valence-corrected chi connectivity index (χ3v) is 2.47. The maximum Gasteiger partial charge on any atom is 0.162 e. The Kier molecular flexibility index (Phi) is 4.22. The summed E-state index contributed by atoms with van der Waals surface area (Å²) in [5.41, 5.74) is 0.645. The first-order valence-electron chi connectivity index (χ1n) is 4.08. The lowest BCUT2D eigenvalue weighted by Crippen LogP contribution is -2.10. The van der Waals surface area contributed by atoms with Gasteiger partial charge in [0.2, 0.25) is 0 Å². The molecule has 76 valence electrons. The highest BCUT2D eigenvalue weighted by atomic mass is 79.9. The van der Waals surface area contributed by atoms with Gasteiger partial charge in [0, 0.05) is 18.0 Å². The van der Waals surface area contributed by atoms with Gasteiger partial charge < -0.3 is 4.74 Å². The van der Waals surface area contributed by atoms with Crippen molar-refractivity contribution in [3.8, 4) is 0 Å². The predicted octanol–water partition coefficient (Wildman–Crippen LogP) is 2.35. The molecule has 0 aromatic heterocycles. The molecule has 0 unspecified atom stereocenters. The van der Waals surface area contributed by atoms with Crippen LogP contribution in [-0.2, 0) is 16.0 Å². The molecule has 0 bridgehead atoms. The van der Waals surface area contributed by atoms with Crippen molar-refractivity contribution in [3.05, 3.63) is 34.1 Å². The maximum absolute atomic E-state index is 12.8. The number of ketones is 1. The molecule has 1 rings (SSSR count). The second kappa shape index (κ2) is 5.22. The fourth-order valence-corrected chi connectivity index (χ4v) is 1.49. The van der Waals surface area contributed by atoms with Gasteiger partial charge in [-0.3, -0.25) is 4.79 Å². The Morgan fingerprint density at radius 2 is 2.29 bits per heavy atom. The van der Waals surface area contributed by atoms with E-state index < -0.39 is 0 Å². The molecule has 0 atom stereocenters. The third-order valence-electron chi connectivity index (χ3n) is 1.70. The van der Waals surface area contributed by atoms with Crippen LogP contribution in [0.15, 0.2) is 22.7 Å². The topological polar surface area (TPSA) is 26.3 Å². The molecule has 0 aliphatic rings. The molecule has 1 aromatic carbocycles. The summed E-state index contributed by atoms with van der Waals surface area (Å²) in [6.45, 7) is 0.0585. The first kappa shape index (κ1) is 11.3. The molecule has 4 heteroatoms. The van der Waals surface area contributed by atoms with Crippen LogP contribution < -0.4 is 0 Å². The molecule has 0 N–H and O–H groups in total. The van der Waals surface area contributed by atoms with Gasteiger partial charge in [-0.05, 0) is 23.8 Å². The van der Waals surface area contributed by atoms with Gasteiger partial charge >= 0.3 is 0 Å². The molecule has 14 heavy (non-hydrogen) atoms.